The van der Waals surface area contributed by atoms with Crippen LogP contribution in [0.25, 0.3) is 0 Å². The van der Waals surface area contributed by atoms with Crippen molar-refractivity contribution >= 4 is 18.3 Å². The number of carbonyl (C=O) groups is 1. The number of halogens is 1. The summed E-state index contributed by atoms with van der Waals surface area (Å²) in [6.45, 7) is 6.46. The Labute approximate surface area is 109 Å². The molecule has 17 heavy (non-hydrogen) atoms. The third kappa shape index (κ3) is 5.20. The summed E-state index contributed by atoms with van der Waals surface area (Å²) < 4.78 is 0. The molecule has 0 fully saturated rings. The fraction of sp³-hybridized carbons (Fsp3) is 0.462. The predicted octanol–water partition coefficient (Wildman–Crippen LogP) is 2.02. The van der Waals surface area contributed by atoms with Crippen LogP contribution < -0.4 is 11.1 Å². The number of rotatable bonds is 4. The third-order valence-corrected chi connectivity index (χ3v) is 2.57. The van der Waals surface area contributed by atoms with Gasteiger partial charge in [0.1, 0.15) is 0 Å². The number of hydrogen-bond acceptors (Lipinski definition) is 2. The van der Waals surface area contributed by atoms with E-state index in [1.165, 1.54) is 5.56 Å². The SMILES string of the molecule is Cc1cccc(CNC(=O)C(N)C(C)C)c1.Cl. The van der Waals surface area contributed by atoms with Crippen molar-refractivity contribution in [2.45, 2.75) is 33.4 Å². The zero-order chi connectivity index (χ0) is 12.1. The lowest BCUT2D eigenvalue weighted by Crippen LogP contribution is -2.43. The van der Waals surface area contributed by atoms with Crippen molar-refractivity contribution in [3.05, 3.63) is 35.4 Å². The van der Waals surface area contributed by atoms with E-state index in [-0.39, 0.29) is 24.2 Å². The summed E-state index contributed by atoms with van der Waals surface area (Å²) in [5.41, 5.74) is 8.04. The van der Waals surface area contributed by atoms with Gasteiger partial charge in [0, 0.05) is 6.54 Å². The highest BCUT2D eigenvalue weighted by molar-refractivity contribution is 5.85. The summed E-state index contributed by atoms with van der Waals surface area (Å²) in [6, 6.07) is 7.64. The summed E-state index contributed by atoms with van der Waals surface area (Å²) >= 11 is 0. The van der Waals surface area contributed by atoms with Gasteiger partial charge in [0.05, 0.1) is 6.04 Å². The lowest BCUT2D eigenvalue weighted by Gasteiger charge is -2.15. The molecule has 0 bridgehead atoms. The first-order chi connectivity index (χ1) is 7.50. The van der Waals surface area contributed by atoms with Crippen molar-refractivity contribution in [3.8, 4) is 0 Å². The number of nitrogens with two attached hydrogens (primary N) is 1. The second kappa shape index (κ2) is 7.30. The third-order valence-electron chi connectivity index (χ3n) is 2.57. The van der Waals surface area contributed by atoms with E-state index in [4.69, 9.17) is 5.73 Å². The van der Waals surface area contributed by atoms with Gasteiger partial charge in [-0.05, 0) is 18.4 Å². The lowest BCUT2D eigenvalue weighted by atomic mass is 10.0. The molecule has 1 aromatic carbocycles. The highest BCUT2D eigenvalue weighted by atomic mass is 35.5. The van der Waals surface area contributed by atoms with E-state index in [9.17, 15) is 4.79 Å². The first-order valence-electron chi connectivity index (χ1n) is 5.59. The smallest absolute Gasteiger partial charge is 0.237 e. The van der Waals surface area contributed by atoms with Crippen LogP contribution in [-0.2, 0) is 11.3 Å². The number of benzene rings is 1. The lowest BCUT2D eigenvalue weighted by molar-refractivity contribution is -0.123. The van der Waals surface area contributed by atoms with E-state index < -0.39 is 6.04 Å². The summed E-state index contributed by atoms with van der Waals surface area (Å²) in [5.74, 6) is 0.0778. The summed E-state index contributed by atoms with van der Waals surface area (Å²) in [4.78, 5) is 11.6. The van der Waals surface area contributed by atoms with Crippen molar-refractivity contribution in [1.82, 2.24) is 5.32 Å². The van der Waals surface area contributed by atoms with Crippen LogP contribution in [0.1, 0.15) is 25.0 Å². The van der Waals surface area contributed by atoms with Gasteiger partial charge in [-0.25, -0.2) is 0 Å². The minimum Gasteiger partial charge on any atom is -0.351 e. The summed E-state index contributed by atoms with van der Waals surface area (Å²) in [7, 11) is 0. The maximum atomic E-state index is 11.6. The van der Waals surface area contributed by atoms with Crippen LogP contribution in [0.2, 0.25) is 0 Å². The maximum Gasteiger partial charge on any atom is 0.237 e. The van der Waals surface area contributed by atoms with Crippen LogP contribution >= 0.6 is 12.4 Å². The molecular formula is C13H21ClN2O. The van der Waals surface area contributed by atoms with E-state index in [2.05, 4.69) is 11.4 Å². The maximum absolute atomic E-state index is 11.6. The standard InChI is InChI=1S/C13H20N2O.ClH/c1-9(2)12(14)13(16)15-8-11-6-4-5-10(3)7-11;/h4-7,9,12H,8,14H2,1-3H3,(H,15,16);1H. The molecule has 1 amide bonds. The highest BCUT2D eigenvalue weighted by Crippen LogP contribution is 2.04. The molecule has 1 rings (SSSR count). The monoisotopic (exact) mass is 256 g/mol. The van der Waals surface area contributed by atoms with Gasteiger partial charge in [-0.2, -0.15) is 0 Å². The molecule has 0 aliphatic rings. The van der Waals surface area contributed by atoms with Crippen LogP contribution in [0.3, 0.4) is 0 Å². The molecule has 1 atom stereocenters. The molecule has 1 unspecified atom stereocenters. The average Bonchev–Trinajstić information content (AvgIpc) is 2.24. The van der Waals surface area contributed by atoms with Gasteiger partial charge in [-0.15, -0.1) is 12.4 Å². The zero-order valence-electron chi connectivity index (χ0n) is 10.6. The van der Waals surface area contributed by atoms with Crippen LogP contribution in [0.5, 0.6) is 0 Å². The number of carbonyl (C=O) groups excluding carboxylic acids is 1. The van der Waals surface area contributed by atoms with E-state index in [1.807, 2.05) is 39.0 Å². The predicted molar refractivity (Wildman–Crippen MR) is 73.1 cm³/mol. The molecular weight excluding hydrogens is 236 g/mol. The fourth-order valence-corrected chi connectivity index (χ4v) is 1.43. The molecule has 0 aromatic heterocycles. The van der Waals surface area contributed by atoms with Crippen molar-refractivity contribution in [2.75, 3.05) is 0 Å². The zero-order valence-corrected chi connectivity index (χ0v) is 11.4. The molecule has 0 saturated carbocycles. The Morgan fingerprint density at radius 2 is 2.06 bits per heavy atom. The van der Waals surface area contributed by atoms with Crippen molar-refractivity contribution in [2.24, 2.45) is 11.7 Å². The molecule has 3 nitrogen and oxygen atoms in total. The number of hydrogen-bond donors (Lipinski definition) is 2. The first kappa shape index (κ1) is 15.9. The molecule has 0 aliphatic heterocycles. The van der Waals surface area contributed by atoms with E-state index >= 15 is 0 Å². The second-order valence-corrected chi connectivity index (χ2v) is 4.48. The Hall–Kier alpha value is -1.06. The molecule has 0 aliphatic carbocycles. The first-order valence-corrected chi connectivity index (χ1v) is 5.59. The molecule has 3 N–H and O–H groups in total. The Kier molecular flexibility index (Phi) is 6.85. The van der Waals surface area contributed by atoms with E-state index in [0.717, 1.165) is 5.56 Å². The average molecular weight is 257 g/mol. The molecule has 0 radical (unpaired) electrons. The van der Waals surface area contributed by atoms with E-state index in [0.29, 0.717) is 6.54 Å². The normalized spacial score (nSPS) is 11.8. The molecule has 1 aromatic rings. The Bertz CT molecular complexity index is 366. The molecule has 0 heterocycles. The summed E-state index contributed by atoms with van der Waals surface area (Å²) in [6.07, 6.45) is 0. The number of amides is 1. The largest absolute Gasteiger partial charge is 0.351 e. The number of aryl methyl sites for hydroxylation is 1. The van der Waals surface area contributed by atoms with Gasteiger partial charge in [0.15, 0.2) is 0 Å². The van der Waals surface area contributed by atoms with Gasteiger partial charge in [-0.1, -0.05) is 43.7 Å². The molecule has 0 spiro atoms. The van der Waals surface area contributed by atoms with Crippen LogP contribution in [0.15, 0.2) is 24.3 Å². The topological polar surface area (TPSA) is 55.1 Å². The molecule has 0 saturated heterocycles. The number of nitrogens with one attached hydrogen (secondary N) is 1. The van der Waals surface area contributed by atoms with Gasteiger partial charge in [0.25, 0.3) is 0 Å². The second-order valence-electron chi connectivity index (χ2n) is 4.48. The fourth-order valence-electron chi connectivity index (χ4n) is 1.43. The van der Waals surface area contributed by atoms with Gasteiger partial charge in [0.2, 0.25) is 5.91 Å². The van der Waals surface area contributed by atoms with Crippen molar-refractivity contribution in [1.29, 1.82) is 0 Å². The van der Waals surface area contributed by atoms with Crippen molar-refractivity contribution < 1.29 is 4.79 Å². The Morgan fingerprint density at radius 1 is 1.41 bits per heavy atom. The molecule has 4 heteroatoms. The minimum absolute atomic E-state index is 0. The quantitative estimate of drug-likeness (QED) is 0.866. The van der Waals surface area contributed by atoms with Gasteiger partial charge in [-0.3, -0.25) is 4.79 Å². The van der Waals surface area contributed by atoms with E-state index in [1.54, 1.807) is 0 Å². The highest BCUT2D eigenvalue weighted by Gasteiger charge is 2.16. The van der Waals surface area contributed by atoms with Gasteiger partial charge >= 0.3 is 0 Å². The minimum atomic E-state index is -0.426. The van der Waals surface area contributed by atoms with Crippen LogP contribution in [-0.4, -0.2) is 11.9 Å². The summed E-state index contributed by atoms with van der Waals surface area (Å²) in [5, 5.41) is 2.84. The van der Waals surface area contributed by atoms with Gasteiger partial charge < -0.3 is 11.1 Å². The Balaban J connectivity index is 0.00000256. The van der Waals surface area contributed by atoms with Crippen molar-refractivity contribution in [3.63, 3.8) is 0 Å². The molecule has 96 valence electrons. The van der Waals surface area contributed by atoms with Crippen LogP contribution in [0, 0.1) is 12.8 Å². The Morgan fingerprint density at radius 3 is 2.59 bits per heavy atom. The van der Waals surface area contributed by atoms with Crippen LogP contribution in [0.4, 0.5) is 0 Å².